The Hall–Kier alpha value is -3.75. The number of carbonyl (C=O) groups excluding carboxylic acids is 2. The molecule has 2 amide bonds. The van der Waals surface area contributed by atoms with E-state index in [-0.39, 0.29) is 12.6 Å². The number of ether oxygens (including phenoxy) is 1. The van der Waals surface area contributed by atoms with E-state index in [1.54, 1.807) is 4.68 Å². The Labute approximate surface area is 201 Å². The van der Waals surface area contributed by atoms with Crippen molar-refractivity contribution < 1.29 is 19.4 Å². The molecule has 2 aromatic carbocycles. The van der Waals surface area contributed by atoms with E-state index in [4.69, 9.17) is 9.84 Å². The van der Waals surface area contributed by atoms with Crippen molar-refractivity contribution >= 4 is 44.8 Å². The highest BCUT2D eigenvalue weighted by molar-refractivity contribution is 6.50. The number of nitrogens with zero attached hydrogens (tertiary/aromatic N) is 3. The number of para-hydroxylation sites is 2. The molecule has 0 saturated carbocycles. The van der Waals surface area contributed by atoms with Crippen molar-refractivity contribution in [3.63, 3.8) is 0 Å². The van der Waals surface area contributed by atoms with Crippen molar-refractivity contribution in [2.24, 2.45) is 0 Å². The van der Waals surface area contributed by atoms with E-state index in [2.05, 4.69) is 16.0 Å². The number of aliphatic hydroxyl groups excluding tert-OH is 1. The summed E-state index contributed by atoms with van der Waals surface area (Å²) >= 11 is 0. The molecule has 0 aliphatic carbocycles. The fraction of sp³-hybridized carbons (Fsp3) is 0.296. The Bertz CT molecular complexity index is 1490. The van der Waals surface area contributed by atoms with Gasteiger partial charge in [0, 0.05) is 60.5 Å². The molecule has 2 N–H and O–H groups in total. The van der Waals surface area contributed by atoms with Gasteiger partial charge in [-0.3, -0.25) is 19.6 Å². The maximum atomic E-state index is 13.2. The lowest BCUT2D eigenvalue weighted by Crippen LogP contribution is -2.23. The maximum Gasteiger partial charge on any atom is 0.261 e. The van der Waals surface area contributed by atoms with Gasteiger partial charge < -0.3 is 14.4 Å². The highest BCUT2D eigenvalue weighted by atomic mass is 16.5. The van der Waals surface area contributed by atoms with Gasteiger partial charge in [-0.05, 0) is 31.4 Å². The van der Waals surface area contributed by atoms with Crippen LogP contribution in [0.15, 0.2) is 54.7 Å². The zero-order chi connectivity index (χ0) is 23.9. The van der Waals surface area contributed by atoms with Gasteiger partial charge in [0.15, 0.2) is 0 Å². The maximum absolute atomic E-state index is 13.2. The van der Waals surface area contributed by atoms with Gasteiger partial charge in [-0.25, -0.2) is 0 Å². The molecule has 8 heteroatoms. The minimum absolute atomic E-state index is 0.0438. The van der Waals surface area contributed by atoms with Crippen LogP contribution >= 0.6 is 0 Å². The van der Waals surface area contributed by atoms with Crippen LogP contribution in [0.5, 0.6) is 0 Å². The van der Waals surface area contributed by atoms with Crippen molar-refractivity contribution in [3.05, 3.63) is 66.0 Å². The van der Waals surface area contributed by atoms with Crippen LogP contribution in [0.1, 0.15) is 36.6 Å². The van der Waals surface area contributed by atoms with Gasteiger partial charge in [-0.15, -0.1) is 0 Å². The van der Waals surface area contributed by atoms with Gasteiger partial charge in [0.2, 0.25) is 0 Å². The number of benzene rings is 2. The van der Waals surface area contributed by atoms with Crippen LogP contribution < -0.4 is 5.32 Å². The lowest BCUT2D eigenvalue weighted by Gasteiger charge is -2.24. The number of aryl methyl sites for hydroxylation is 1. The summed E-state index contributed by atoms with van der Waals surface area (Å²) in [5.41, 5.74) is 3.77. The second kappa shape index (κ2) is 8.79. The number of aliphatic hydroxyl groups is 1. The lowest BCUT2D eigenvalue weighted by molar-refractivity contribution is -0.122. The molecule has 0 radical (unpaired) electrons. The Kier molecular flexibility index (Phi) is 5.47. The van der Waals surface area contributed by atoms with Gasteiger partial charge in [0.1, 0.15) is 5.69 Å². The molecule has 4 aromatic rings. The van der Waals surface area contributed by atoms with E-state index in [0.29, 0.717) is 43.0 Å². The molecule has 8 nitrogen and oxygen atoms in total. The summed E-state index contributed by atoms with van der Waals surface area (Å²) < 4.78 is 9.59. The highest BCUT2D eigenvalue weighted by Gasteiger charge is 2.36. The summed E-state index contributed by atoms with van der Waals surface area (Å²) in [6, 6.07) is 15.9. The Morgan fingerprint density at radius 3 is 2.40 bits per heavy atom. The van der Waals surface area contributed by atoms with Crippen LogP contribution in [0.4, 0.5) is 0 Å². The number of carbonyl (C=O) groups is 2. The van der Waals surface area contributed by atoms with E-state index in [1.807, 2.05) is 48.7 Å². The van der Waals surface area contributed by atoms with E-state index in [1.165, 1.54) is 0 Å². The molecular weight excluding hydrogens is 444 g/mol. The molecule has 6 rings (SSSR count). The molecule has 35 heavy (non-hydrogen) atoms. The Balaban J connectivity index is 1.59. The number of nitrogens with one attached hydrogen (secondary N) is 1. The number of hydrogen-bond donors (Lipinski definition) is 2. The Morgan fingerprint density at radius 1 is 0.943 bits per heavy atom. The third-order valence-corrected chi connectivity index (χ3v) is 6.95. The topological polar surface area (TPSA) is 98.4 Å². The van der Waals surface area contributed by atoms with E-state index < -0.39 is 11.8 Å². The largest absolute Gasteiger partial charge is 0.396 e. The minimum atomic E-state index is -0.439. The molecule has 4 heterocycles. The molecule has 0 spiro atoms. The van der Waals surface area contributed by atoms with Gasteiger partial charge in [0.05, 0.1) is 16.7 Å². The third-order valence-electron chi connectivity index (χ3n) is 6.95. The van der Waals surface area contributed by atoms with Crippen LogP contribution in [-0.2, 0) is 20.9 Å². The minimum Gasteiger partial charge on any atom is -0.396 e. The average Bonchev–Trinajstić information content (AvgIpc) is 3.54. The quantitative estimate of drug-likeness (QED) is 0.422. The van der Waals surface area contributed by atoms with Crippen LogP contribution in [0.25, 0.3) is 33.0 Å². The number of amides is 2. The first kappa shape index (κ1) is 21.8. The number of aromatic nitrogens is 3. The van der Waals surface area contributed by atoms with Gasteiger partial charge in [-0.2, -0.15) is 5.10 Å². The van der Waals surface area contributed by atoms with Gasteiger partial charge in [-0.1, -0.05) is 36.4 Å². The first-order valence-electron chi connectivity index (χ1n) is 12.0. The number of imide groups is 1. The second-order valence-electron chi connectivity index (χ2n) is 9.01. The van der Waals surface area contributed by atoms with Crippen molar-refractivity contribution in [1.29, 1.82) is 0 Å². The van der Waals surface area contributed by atoms with Crippen molar-refractivity contribution in [2.45, 2.75) is 31.8 Å². The van der Waals surface area contributed by atoms with E-state index in [0.717, 1.165) is 40.2 Å². The molecule has 1 fully saturated rings. The van der Waals surface area contributed by atoms with Crippen molar-refractivity contribution in [1.82, 2.24) is 19.7 Å². The SMILES string of the molecule is O=C1NC(=O)C(c2nn(CCCO)c3ccccc23)=C1c1cn(C2CCOCC2)c2ccccc12. The zero-order valence-corrected chi connectivity index (χ0v) is 19.2. The first-order valence-corrected chi connectivity index (χ1v) is 12.0. The fourth-order valence-corrected chi connectivity index (χ4v) is 5.31. The molecule has 1 saturated heterocycles. The molecule has 2 aliphatic heterocycles. The molecule has 178 valence electrons. The van der Waals surface area contributed by atoms with E-state index >= 15 is 0 Å². The summed E-state index contributed by atoms with van der Waals surface area (Å²) in [6.45, 7) is 1.97. The zero-order valence-electron chi connectivity index (χ0n) is 19.2. The molecule has 2 aromatic heterocycles. The number of rotatable bonds is 6. The van der Waals surface area contributed by atoms with E-state index in [9.17, 15) is 14.7 Å². The van der Waals surface area contributed by atoms with Crippen LogP contribution in [-0.4, -0.2) is 51.1 Å². The van der Waals surface area contributed by atoms with Crippen LogP contribution in [0.3, 0.4) is 0 Å². The second-order valence-corrected chi connectivity index (χ2v) is 9.01. The monoisotopic (exact) mass is 470 g/mol. The van der Waals surface area contributed by atoms with Crippen molar-refractivity contribution in [3.8, 4) is 0 Å². The van der Waals surface area contributed by atoms with Gasteiger partial charge in [0.25, 0.3) is 11.8 Å². The Morgan fingerprint density at radius 2 is 1.63 bits per heavy atom. The lowest BCUT2D eigenvalue weighted by atomic mass is 9.97. The molecular formula is C27H26N4O4. The molecule has 0 bridgehead atoms. The predicted molar refractivity (Wildman–Crippen MR) is 132 cm³/mol. The number of fused-ring (bicyclic) bond motifs is 2. The number of hydrogen-bond acceptors (Lipinski definition) is 5. The van der Waals surface area contributed by atoms with Crippen molar-refractivity contribution in [2.75, 3.05) is 19.8 Å². The summed E-state index contributed by atoms with van der Waals surface area (Å²) in [5.74, 6) is -0.848. The summed E-state index contributed by atoms with van der Waals surface area (Å²) in [7, 11) is 0. The smallest absolute Gasteiger partial charge is 0.261 e. The summed E-state index contributed by atoms with van der Waals surface area (Å²) in [6.07, 6.45) is 4.35. The highest BCUT2D eigenvalue weighted by Crippen LogP contribution is 2.39. The molecule has 0 atom stereocenters. The van der Waals surface area contributed by atoms with Gasteiger partial charge >= 0.3 is 0 Å². The summed E-state index contributed by atoms with van der Waals surface area (Å²) in [5, 5.41) is 18.3. The molecule has 2 aliphatic rings. The summed E-state index contributed by atoms with van der Waals surface area (Å²) in [4.78, 5) is 26.4. The standard InChI is InChI=1S/C27H26N4O4/c32-13-5-12-31-22-9-4-2-7-19(22)25(29-31)24-23(26(33)28-27(24)34)20-16-30(17-10-14-35-15-11-17)21-8-3-1-6-18(20)21/h1-4,6-9,16-17,32H,5,10-15H2,(H,28,33,34). The predicted octanol–water partition coefficient (Wildman–Crippen LogP) is 3.29. The molecule has 0 unspecified atom stereocenters. The fourth-order valence-electron chi connectivity index (χ4n) is 5.31. The third kappa shape index (κ3) is 3.57. The van der Waals surface area contributed by atoms with Crippen LogP contribution in [0.2, 0.25) is 0 Å². The van der Waals surface area contributed by atoms with Crippen LogP contribution in [0, 0.1) is 0 Å². The normalized spacial score (nSPS) is 17.2. The first-order chi connectivity index (χ1) is 17.2. The average molecular weight is 471 g/mol.